The second kappa shape index (κ2) is 13.8. The van der Waals surface area contributed by atoms with Crippen molar-refractivity contribution in [2.24, 2.45) is 5.92 Å². The molecule has 1 unspecified atom stereocenters. The maximum atomic E-state index is 13.1. The quantitative estimate of drug-likeness (QED) is 0.227. The maximum absolute atomic E-state index is 13.1. The molecule has 1 amide bonds. The number of rotatable bonds is 13. The Hall–Kier alpha value is -3.70. The van der Waals surface area contributed by atoms with E-state index in [4.69, 9.17) is 47.0 Å². The van der Waals surface area contributed by atoms with Gasteiger partial charge in [0, 0.05) is 28.5 Å². The first kappa shape index (κ1) is 30.3. The van der Waals surface area contributed by atoms with Crippen molar-refractivity contribution < 1.29 is 46.8 Å². The number of nitrogens with zero attached hydrogens (tertiary/aromatic N) is 1. The summed E-state index contributed by atoms with van der Waals surface area (Å²) < 4.78 is 54.3. The summed E-state index contributed by atoms with van der Waals surface area (Å²) in [5.41, 5.74) is 1.30. The SMILES string of the molecule is COc1ccc(NC(=O)OC(Cc2c(Cl)c[n+](OC)cc2Cl)c2ccc(OC(F)F)c(OCC3CC3)c2)cc1OC. The van der Waals surface area contributed by atoms with E-state index in [1.807, 2.05) is 0 Å². The van der Waals surface area contributed by atoms with E-state index in [0.29, 0.717) is 40.8 Å². The van der Waals surface area contributed by atoms with Crippen LogP contribution >= 0.6 is 23.2 Å². The van der Waals surface area contributed by atoms with Crippen LogP contribution in [0.4, 0.5) is 19.3 Å². The van der Waals surface area contributed by atoms with Crippen molar-refractivity contribution >= 4 is 35.0 Å². The number of hydrogen-bond donors (Lipinski definition) is 1. The largest absolute Gasteiger partial charge is 0.493 e. The molecule has 1 aromatic heterocycles. The minimum Gasteiger partial charge on any atom is -0.493 e. The van der Waals surface area contributed by atoms with Crippen molar-refractivity contribution in [2.75, 3.05) is 33.3 Å². The van der Waals surface area contributed by atoms with Crippen molar-refractivity contribution in [3.8, 4) is 23.0 Å². The van der Waals surface area contributed by atoms with Crippen LogP contribution in [0.25, 0.3) is 0 Å². The third-order valence-electron chi connectivity index (χ3n) is 6.26. The van der Waals surface area contributed by atoms with Crippen LogP contribution in [0.15, 0.2) is 48.8 Å². The van der Waals surface area contributed by atoms with Gasteiger partial charge in [-0.05, 0) is 48.6 Å². The number of pyridine rings is 1. The van der Waals surface area contributed by atoms with Gasteiger partial charge in [0.05, 0.1) is 20.8 Å². The number of methoxy groups -OCH3 is 2. The van der Waals surface area contributed by atoms with Gasteiger partial charge in [-0.15, -0.1) is 0 Å². The fourth-order valence-electron chi connectivity index (χ4n) is 3.96. The molecule has 41 heavy (non-hydrogen) atoms. The first-order valence-electron chi connectivity index (χ1n) is 12.6. The molecule has 3 aromatic rings. The summed E-state index contributed by atoms with van der Waals surface area (Å²) >= 11 is 13.0. The molecule has 1 aliphatic carbocycles. The molecule has 0 bridgehead atoms. The summed E-state index contributed by atoms with van der Waals surface area (Å²) in [5, 5.41) is 3.18. The Labute approximate surface area is 245 Å². The molecule has 13 heteroatoms. The van der Waals surface area contributed by atoms with E-state index in [0.717, 1.165) is 12.8 Å². The van der Waals surface area contributed by atoms with Gasteiger partial charge in [-0.25, -0.2) is 4.79 Å². The molecule has 1 N–H and O–H groups in total. The fraction of sp³-hybridized carbons (Fsp3) is 0.357. The van der Waals surface area contributed by atoms with E-state index in [1.54, 1.807) is 18.2 Å². The summed E-state index contributed by atoms with van der Waals surface area (Å²) in [4.78, 5) is 18.2. The second-order valence-electron chi connectivity index (χ2n) is 9.11. The van der Waals surface area contributed by atoms with Gasteiger partial charge in [-0.1, -0.05) is 29.3 Å². The highest BCUT2D eigenvalue weighted by atomic mass is 35.5. The van der Waals surface area contributed by atoms with Gasteiger partial charge in [0.2, 0.25) is 12.4 Å². The van der Waals surface area contributed by atoms with E-state index >= 15 is 0 Å². The van der Waals surface area contributed by atoms with E-state index in [9.17, 15) is 13.6 Å². The van der Waals surface area contributed by atoms with E-state index < -0.39 is 18.8 Å². The van der Waals surface area contributed by atoms with E-state index in [2.05, 4.69) is 10.1 Å². The molecule has 9 nitrogen and oxygen atoms in total. The van der Waals surface area contributed by atoms with E-state index in [-0.39, 0.29) is 28.0 Å². The lowest BCUT2D eigenvalue weighted by Gasteiger charge is -2.21. The van der Waals surface area contributed by atoms with Crippen molar-refractivity contribution in [2.45, 2.75) is 32.0 Å². The molecule has 4 rings (SSSR count). The number of amides is 1. The molecule has 1 aliphatic rings. The van der Waals surface area contributed by atoms with Gasteiger partial charge in [0.25, 0.3) is 0 Å². The van der Waals surface area contributed by atoms with Gasteiger partial charge in [-0.3, -0.25) is 10.2 Å². The topological polar surface area (TPSA) is 88.4 Å². The molecule has 1 atom stereocenters. The third kappa shape index (κ3) is 8.17. The lowest BCUT2D eigenvalue weighted by molar-refractivity contribution is -0.885. The van der Waals surface area contributed by atoms with Crippen LogP contribution in [-0.2, 0) is 11.2 Å². The number of aromatic nitrogens is 1. The number of halogens is 4. The zero-order chi connectivity index (χ0) is 29.5. The number of carbonyl (C=O) groups is 1. The van der Waals surface area contributed by atoms with Crippen LogP contribution in [0, 0.1) is 5.92 Å². The summed E-state index contributed by atoms with van der Waals surface area (Å²) in [6.45, 7) is -2.69. The molecule has 1 heterocycles. The summed E-state index contributed by atoms with van der Waals surface area (Å²) in [6, 6.07) is 9.19. The fourth-order valence-corrected chi connectivity index (χ4v) is 4.56. The van der Waals surface area contributed by atoms with Gasteiger partial charge >= 0.3 is 12.7 Å². The number of nitrogens with one attached hydrogen (secondary N) is 1. The number of benzene rings is 2. The normalized spacial score (nSPS) is 13.4. The monoisotopic (exact) mass is 613 g/mol. The lowest BCUT2D eigenvalue weighted by Crippen LogP contribution is -2.40. The van der Waals surface area contributed by atoms with Crippen LogP contribution in [0.5, 0.6) is 23.0 Å². The molecule has 0 aliphatic heterocycles. The first-order valence-corrected chi connectivity index (χ1v) is 13.3. The predicted molar refractivity (Wildman–Crippen MR) is 147 cm³/mol. The highest BCUT2D eigenvalue weighted by molar-refractivity contribution is 6.35. The van der Waals surface area contributed by atoms with Crippen molar-refractivity contribution in [1.29, 1.82) is 0 Å². The average molecular weight is 614 g/mol. The summed E-state index contributed by atoms with van der Waals surface area (Å²) in [6.07, 6.45) is 3.29. The van der Waals surface area contributed by atoms with Gasteiger partial charge in [-0.2, -0.15) is 8.78 Å². The predicted octanol–water partition coefficient (Wildman–Crippen LogP) is 6.28. The van der Waals surface area contributed by atoms with Crippen LogP contribution in [0.3, 0.4) is 0 Å². The number of alkyl halides is 2. The average Bonchev–Trinajstić information content (AvgIpc) is 3.78. The Morgan fingerprint density at radius 2 is 1.66 bits per heavy atom. The molecule has 0 saturated heterocycles. The minimum absolute atomic E-state index is 0.0404. The summed E-state index contributed by atoms with van der Waals surface area (Å²) in [7, 11) is 4.42. The molecular weight excluding hydrogens is 585 g/mol. The third-order valence-corrected chi connectivity index (χ3v) is 6.92. The molecule has 220 valence electrons. The molecule has 1 saturated carbocycles. The zero-order valence-electron chi connectivity index (χ0n) is 22.5. The Bertz CT molecular complexity index is 1350. The van der Waals surface area contributed by atoms with Crippen molar-refractivity contribution in [3.63, 3.8) is 0 Å². The van der Waals surface area contributed by atoms with Gasteiger partial charge in [0.15, 0.2) is 23.0 Å². The Kier molecular flexibility index (Phi) is 10.2. The number of anilines is 1. The Morgan fingerprint density at radius 3 is 2.27 bits per heavy atom. The molecular formula is C28H29Cl2F2N2O7+. The number of ether oxygens (including phenoxy) is 5. The molecule has 1 fully saturated rings. The highest BCUT2D eigenvalue weighted by Gasteiger charge is 2.27. The standard InChI is InChI=1S/C28H28Cl2F2N2O7/c1-36-22-9-7-18(11-25(22)37-2)33-28(35)41-24(12-19-20(29)13-34(38-3)14-21(19)30)17-6-8-23(40-27(31)32)26(10-17)39-15-16-4-5-16/h6-11,13-14,16,24,27H,4-5,12,15H2,1-3H3/p+1. The molecule has 0 spiro atoms. The number of carbonyl (C=O) groups excluding carboxylic acids is 1. The Balaban J connectivity index is 1.65. The van der Waals surface area contributed by atoms with Crippen LogP contribution in [0.1, 0.15) is 30.1 Å². The molecule has 0 radical (unpaired) electrons. The smallest absolute Gasteiger partial charge is 0.412 e. The van der Waals surface area contributed by atoms with E-state index in [1.165, 1.54) is 56.7 Å². The summed E-state index contributed by atoms with van der Waals surface area (Å²) in [5.74, 6) is 1.21. The maximum Gasteiger partial charge on any atom is 0.412 e. The van der Waals surface area contributed by atoms with Crippen molar-refractivity contribution in [3.05, 3.63) is 70.0 Å². The highest BCUT2D eigenvalue weighted by Crippen LogP contribution is 2.38. The molecule has 2 aromatic carbocycles. The second-order valence-corrected chi connectivity index (χ2v) is 9.92. The van der Waals surface area contributed by atoms with Gasteiger partial charge < -0.3 is 23.7 Å². The zero-order valence-corrected chi connectivity index (χ0v) is 24.0. The van der Waals surface area contributed by atoms with Crippen molar-refractivity contribution in [1.82, 2.24) is 0 Å². The van der Waals surface area contributed by atoms with Crippen LogP contribution in [0.2, 0.25) is 10.0 Å². The first-order chi connectivity index (χ1) is 19.7. The Morgan fingerprint density at radius 1 is 0.976 bits per heavy atom. The van der Waals surface area contributed by atoms with Gasteiger partial charge in [0.1, 0.15) is 23.3 Å². The van der Waals surface area contributed by atoms with Crippen LogP contribution in [-0.4, -0.2) is 40.6 Å². The number of hydrogen-bond acceptors (Lipinski definition) is 7. The lowest BCUT2D eigenvalue weighted by atomic mass is 10.0. The minimum atomic E-state index is -3.04. The van der Waals surface area contributed by atoms with Crippen LogP contribution < -0.4 is 33.8 Å².